The third kappa shape index (κ3) is 0.996. The first kappa shape index (κ1) is 6.03. The van der Waals surface area contributed by atoms with Crippen LogP contribution >= 0.6 is 0 Å². The van der Waals surface area contributed by atoms with Crippen LogP contribution in [0.5, 0.6) is 0 Å². The minimum Gasteiger partial charge on any atom is -0.368 e. The lowest BCUT2D eigenvalue weighted by Crippen LogP contribution is -2.17. The van der Waals surface area contributed by atoms with Gasteiger partial charge in [-0.05, 0) is 6.92 Å². The maximum atomic E-state index is 5.44. The normalized spacial score (nSPS) is 13.6. The average molecular weight is 127 g/mol. The van der Waals surface area contributed by atoms with Crippen molar-refractivity contribution in [2.45, 2.75) is 13.1 Å². The Balaban J connectivity index is 2.94. The molecule has 0 saturated heterocycles. The molecule has 1 aromatic rings. The van der Waals surface area contributed by atoms with Crippen molar-refractivity contribution < 1.29 is 0 Å². The number of nitrogens with two attached hydrogens (primary N) is 2. The maximum absolute atomic E-state index is 5.44. The van der Waals surface area contributed by atoms with Crippen LogP contribution < -0.4 is 11.5 Å². The Morgan fingerprint density at radius 2 is 2.44 bits per heavy atom. The molecule has 1 rings (SSSR count). The molecule has 1 heterocycles. The fraction of sp³-hybridized carbons (Fsp3) is 0.500. The lowest BCUT2D eigenvalue weighted by atomic mass is 10.6. The molecule has 1 atom stereocenters. The summed E-state index contributed by atoms with van der Waals surface area (Å²) in [5.74, 6) is 0.352. The van der Waals surface area contributed by atoms with Crippen LogP contribution in [0, 0.1) is 0 Å². The number of nitrogens with zero attached hydrogens (tertiary/aromatic N) is 3. The molecule has 0 aromatic carbocycles. The van der Waals surface area contributed by atoms with Gasteiger partial charge in [-0.15, -0.1) is 0 Å². The second kappa shape index (κ2) is 2.02. The number of rotatable bonds is 1. The van der Waals surface area contributed by atoms with E-state index in [4.69, 9.17) is 11.5 Å². The number of anilines is 1. The third-order valence-corrected chi connectivity index (χ3v) is 0.987. The summed E-state index contributed by atoms with van der Waals surface area (Å²) in [6.45, 7) is 1.78. The Hall–Kier alpha value is -1.10. The molecule has 1 aromatic heterocycles. The summed E-state index contributed by atoms with van der Waals surface area (Å²) >= 11 is 0. The quantitative estimate of drug-likeness (QED) is 0.524. The van der Waals surface area contributed by atoms with Gasteiger partial charge in [0.1, 0.15) is 6.33 Å². The van der Waals surface area contributed by atoms with Gasteiger partial charge in [0.05, 0.1) is 6.17 Å². The van der Waals surface area contributed by atoms with Crippen molar-refractivity contribution >= 4 is 5.95 Å². The zero-order valence-corrected chi connectivity index (χ0v) is 5.15. The average Bonchev–Trinajstić information content (AvgIpc) is 2.13. The monoisotopic (exact) mass is 127 g/mol. The molecule has 0 fully saturated rings. The van der Waals surface area contributed by atoms with Gasteiger partial charge in [0, 0.05) is 0 Å². The Morgan fingerprint density at radius 1 is 1.78 bits per heavy atom. The molecular formula is C4H9N5. The molecule has 0 aliphatic heterocycles. The van der Waals surface area contributed by atoms with E-state index in [1.165, 1.54) is 11.0 Å². The maximum Gasteiger partial charge on any atom is 0.219 e. The Morgan fingerprint density at radius 3 is 2.67 bits per heavy atom. The largest absolute Gasteiger partial charge is 0.368 e. The molecule has 0 saturated carbocycles. The molecular weight excluding hydrogens is 118 g/mol. The molecule has 4 N–H and O–H groups in total. The topological polar surface area (TPSA) is 82.8 Å². The molecule has 0 aliphatic carbocycles. The molecule has 0 bridgehead atoms. The summed E-state index contributed by atoms with van der Waals surface area (Å²) in [5.41, 5.74) is 10.8. The molecule has 5 heteroatoms. The molecule has 0 aliphatic rings. The molecule has 0 radical (unpaired) electrons. The van der Waals surface area contributed by atoms with E-state index in [1.807, 2.05) is 0 Å². The van der Waals surface area contributed by atoms with E-state index in [0.717, 1.165) is 0 Å². The van der Waals surface area contributed by atoms with Gasteiger partial charge in [0.2, 0.25) is 5.95 Å². The lowest BCUT2D eigenvalue weighted by molar-refractivity contribution is 0.516. The molecule has 9 heavy (non-hydrogen) atoms. The van der Waals surface area contributed by atoms with Crippen molar-refractivity contribution in [3.8, 4) is 0 Å². The van der Waals surface area contributed by atoms with Gasteiger partial charge in [-0.2, -0.15) is 10.1 Å². The summed E-state index contributed by atoms with van der Waals surface area (Å²) in [5, 5.41) is 3.77. The van der Waals surface area contributed by atoms with E-state index in [2.05, 4.69) is 10.1 Å². The van der Waals surface area contributed by atoms with Gasteiger partial charge in [-0.1, -0.05) is 0 Å². The van der Waals surface area contributed by atoms with Crippen LogP contribution in [-0.2, 0) is 0 Å². The standard InChI is InChI=1S/C4H9N5/c1-3(5)9-4(6)7-2-8-9/h2-3H,5H2,1H3,(H2,6,7,8). The van der Waals surface area contributed by atoms with Crippen molar-refractivity contribution in [2.75, 3.05) is 5.73 Å². The molecule has 50 valence electrons. The highest BCUT2D eigenvalue weighted by Gasteiger charge is 2.01. The van der Waals surface area contributed by atoms with Crippen LogP contribution in [0.15, 0.2) is 6.33 Å². The van der Waals surface area contributed by atoms with E-state index in [9.17, 15) is 0 Å². The lowest BCUT2D eigenvalue weighted by Gasteiger charge is -2.04. The number of nitrogen functional groups attached to an aromatic ring is 1. The van der Waals surface area contributed by atoms with E-state index >= 15 is 0 Å². The van der Waals surface area contributed by atoms with Crippen molar-refractivity contribution in [3.05, 3.63) is 6.33 Å². The second-order valence-corrected chi connectivity index (χ2v) is 1.80. The van der Waals surface area contributed by atoms with Crippen LogP contribution in [0.3, 0.4) is 0 Å². The van der Waals surface area contributed by atoms with E-state index in [-0.39, 0.29) is 6.17 Å². The predicted molar refractivity (Wildman–Crippen MR) is 33.3 cm³/mol. The first-order valence-corrected chi connectivity index (χ1v) is 2.62. The van der Waals surface area contributed by atoms with Gasteiger partial charge in [-0.25, -0.2) is 4.68 Å². The SMILES string of the molecule is CC(N)n1ncnc1N. The number of hydrogen-bond acceptors (Lipinski definition) is 4. The van der Waals surface area contributed by atoms with E-state index in [1.54, 1.807) is 6.92 Å². The van der Waals surface area contributed by atoms with Gasteiger partial charge < -0.3 is 11.5 Å². The van der Waals surface area contributed by atoms with Crippen LogP contribution in [0.4, 0.5) is 5.95 Å². The fourth-order valence-corrected chi connectivity index (χ4v) is 0.573. The van der Waals surface area contributed by atoms with Crippen LogP contribution in [0.1, 0.15) is 13.1 Å². The number of aromatic nitrogens is 3. The molecule has 0 spiro atoms. The van der Waals surface area contributed by atoms with Gasteiger partial charge in [0.25, 0.3) is 0 Å². The zero-order valence-electron chi connectivity index (χ0n) is 5.15. The third-order valence-electron chi connectivity index (χ3n) is 0.987. The van der Waals surface area contributed by atoms with E-state index in [0.29, 0.717) is 5.95 Å². The molecule has 5 nitrogen and oxygen atoms in total. The van der Waals surface area contributed by atoms with Crippen molar-refractivity contribution in [3.63, 3.8) is 0 Å². The summed E-state index contributed by atoms with van der Waals surface area (Å²) in [6.07, 6.45) is 1.17. The van der Waals surface area contributed by atoms with Gasteiger partial charge >= 0.3 is 0 Å². The second-order valence-electron chi connectivity index (χ2n) is 1.80. The van der Waals surface area contributed by atoms with Crippen molar-refractivity contribution in [1.82, 2.24) is 14.8 Å². The van der Waals surface area contributed by atoms with E-state index < -0.39 is 0 Å². The zero-order chi connectivity index (χ0) is 6.85. The predicted octanol–water partition coefficient (Wildman–Crippen LogP) is -0.663. The summed E-state index contributed by atoms with van der Waals surface area (Å²) in [6, 6.07) is 0. The van der Waals surface area contributed by atoms with Crippen molar-refractivity contribution in [2.24, 2.45) is 5.73 Å². The van der Waals surface area contributed by atoms with Gasteiger partial charge in [-0.3, -0.25) is 0 Å². The minimum atomic E-state index is -0.201. The summed E-state index contributed by atoms with van der Waals surface area (Å²) in [7, 11) is 0. The molecule has 0 amide bonds. The first-order valence-electron chi connectivity index (χ1n) is 2.62. The van der Waals surface area contributed by atoms with Crippen molar-refractivity contribution in [1.29, 1.82) is 0 Å². The van der Waals surface area contributed by atoms with Crippen LogP contribution in [0.2, 0.25) is 0 Å². The highest BCUT2D eigenvalue weighted by molar-refractivity contribution is 5.12. The number of hydrogen-bond donors (Lipinski definition) is 2. The van der Waals surface area contributed by atoms with Crippen LogP contribution in [0.25, 0.3) is 0 Å². The highest BCUT2D eigenvalue weighted by Crippen LogP contribution is 1.99. The van der Waals surface area contributed by atoms with Gasteiger partial charge in [0.15, 0.2) is 0 Å². The van der Waals surface area contributed by atoms with Crippen LogP contribution in [-0.4, -0.2) is 14.8 Å². The Bertz CT molecular complexity index is 191. The Kier molecular flexibility index (Phi) is 1.35. The summed E-state index contributed by atoms with van der Waals surface area (Å²) < 4.78 is 1.44. The molecule has 1 unspecified atom stereocenters. The smallest absolute Gasteiger partial charge is 0.219 e. The Labute approximate surface area is 52.7 Å². The first-order chi connectivity index (χ1) is 4.22. The highest BCUT2D eigenvalue weighted by atomic mass is 15.4. The fourth-order valence-electron chi connectivity index (χ4n) is 0.573. The minimum absolute atomic E-state index is 0.201. The summed E-state index contributed by atoms with van der Waals surface area (Å²) in [4.78, 5) is 3.69.